The van der Waals surface area contributed by atoms with Gasteiger partial charge in [-0.3, -0.25) is 4.90 Å². The van der Waals surface area contributed by atoms with Gasteiger partial charge in [0.25, 0.3) is 0 Å². The minimum atomic E-state index is 0.274. The summed E-state index contributed by atoms with van der Waals surface area (Å²) in [6.45, 7) is 8.91. The molecule has 1 heterocycles. The number of hydrogen-bond acceptors (Lipinski definition) is 3. The van der Waals surface area contributed by atoms with E-state index in [0.717, 1.165) is 13.2 Å². The maximum Gasteiger partial charge on any atom is 0.0502 e. The van der Waals surface area contributed by atoms with Crippen molar-refractivity contribution in [1.82, 2.24) is 4.90 Å². The van der Waals surface area contributed by atoms with Crippen LogP contribution in [0.3, 0.4) is 0 Å². The van der Waals surface area contributed by atoms with Crippen molar-refractivity contribution in [3.05, 3.63) is 0 Å². The summed E-state index contributed by atoms with van der Waals surface area (Å²) >= 11 is 0. The second-order valence-corrected chi connectivity index (χ2v) is 7.18. The van der Waals surface area contributed by atoms with Crippen LogP contribution in [0.15, 0.2) is 0 Å². The minimum Gasteiger partial charge on any atom is -0.384 e. The van der Waals surface area contributed by atoms with E-state index in [-0.39, 0.29) is 5.54 Å². The van der Waals surface area contributed by atoms with Crippen molar-refractivity contribution in [3.63, 3.8) is 0 Å². The lowest BCUT2D eigenvalue weighted by atomic mass is 9.84. The quantitative estimate of drug-likeness (QED) is 0.836. The molecule has 3 heteroatoms. The Balaban J connectivity index is 2.04. The number of hydrogen-bond donors (Lipinski definition) is 1. The smallest absolute Gasteiger partial charge is 0.0502 e. The Hall–Kier alpha value is -0.120. The summed E-state index contributed by atoms with van der Waals surface area (Å²) in [7, 11) is 1.82. The minimum absolute atomic E-state index is 0.274. The zero-order chi connectivity index (χ0) is 13.2. The fraction of sp³-hybridized carbons (Fsp3) is 1.00. The molecule has 2 N–H and O–H groups in total. The third kappa shape index (κ3) is 2.89. The van der Waals surface area contributed by atoms with Crippen LogP contribution in [0.4, 0.5) is 0 Å². The van der Waals surface area contributed by atoms with Crippen LogP contribution in [0.1, 0.15) is 46.0 Å². The molecule has 0 aromatic carbocycles. The van der Waals surface area contributed by atoms with E-state index >= 15 is 0 Å². The molecule has 2 aliphatic rings. The number of likely N-dealkylation sites (tertiary alicyclic amines) is 1. The lowest BCUT2D eigenvalue weighted by Gasteiger charge is -2.46. The highest BCUT2D eigenvalue weighted by Crippen LogP contribution is 2.47. The Morgan fingerprint density at radius 3 is 2.67 bits per heavy atom. The highest BCUT2D eigenvalue weighted by Gasteiger charge is 2.46. The molecule has 2 fully saturated rings. The van der Waals surface area contributed by atoms with Crippen LogP contribution in [-0.4, -0.2) is 43.8 Å². The van der Waals surface area contributed by atoms with E-state index in [1.165, 1.54) is 45.2 Å². The van der Waals surface area contributed by atoms with Crippen LogP contribution in [0.2, 0.25) is 0 Å². The van der Waals surface area contributed by atoms with Crippen molar-refractivity contribution in [2.45, 2.75) is 51.5 Å². The van der Waals surface area contributed by atoms with Gasteiger partial charge in [0.2, 0.25) is 0 Å². The van der Waals surface area contributed by atoms with Gasteiger partial charge in [-0.05, 0) is 50.0 Å². The van der Waals surface area contributed by atoms with Crippen LogP contribution in [0.5, 0.6) is 0 Å². The molecule has 1 aliphatic heterocycles. The molecule has 2 unspecified atom stereocenters. The monoisotopic (exact) mass is 254 g/mol. The van der Waals surface area contributed by atoms with E-state index in [0.29, 0.717) is 11.3 Å². The van der Waals surface area contributed by atoms with Crippen LogP contribution in [-0.2, 0) is 4.74 Å². The van der Waals surface area contributed by atoms with Gasteiger partial charge in [-0.15, -0.1) is 0 Å². The molecule has 2 atom stereocenters. The Bertz CT molecular complexity index is 278. The van der Waals surface area contributed by atoms with E-state index in [1.807, 2.05) is 7.11 Å². The van der Waals surface area contributed by atoms with Crippen molar-refractivity contribution >= 4 is 0 Å². The first-order valence-electron chi connectivity index (χ1n) is 7.45. The van der Waals surface area contributed by atoms with Gasteiger partial charge in [0.15, 0.2) is 0 Å². The number of ether oxygens (including phenoxy) is 1. The van der Waals surface area contributed by atoms with E-state index in [9.17, 15) is 0 Å². The molecule has 3 nitrogen and oxygen atoms in total. The van der Waals surface area contributed by atoms with Crippen LogP contribution >= 0.6 is 0 Å². The summed E-state index contributed by atoms with van der Waals surface area (Å²) in [5.74, 6) is 0.705. The molecule has 0 aromatic rings. The molecular weight excluding hydrogens is 224 g/mol. The van der Waals surface area contributed by atoms with Crippen molar-refractivity contribution in [1.29, 1.82) is 0 Å². The summed E-state index contributed by atoms with van der Waals surface area (Å²) < 4.78 is 5.34. The second-order valence-electron chi connectivity index (χ2n) is 7.18. The van der Waals surface area contributed by atoms with Crippen LogP contribution < -0.4 is 5.73 Å². The highest BCUT2D eigenvalue weighted by molar-refractivity contribution is 5.03. The van der Waals surface area contributed by atoms with Crippen LogP contribution in [0, 0.1) is 11.3 Å². The van der Waals surface area contributed by atoms with Gasteiger partial charge in [-0.1, -0.05) is 13.8 Å². The Morgan fingerprint density at radius 2 is 2.11 bits per heavy atom. The van der Waals surface area contributed by atoms with Crippen molar-refractivity contribution in [2.75, 3.05) is 33.4 Å². The molecule has 1 saturated carbocycles. The average molecular weight is 254 g/mol. The number of nitrogens with two attached hydrogens (primary N) is 1. The van der Waals surface area contributed by atoms with E-state index in [2.05, 4.69) is 18.7 Å². The molecular formula is C15H30N2O. The molecule has 0 bridgehead atoms. The predicted molar refractivity (Wildman–Crippen MR) is 75.6 cm³/mol. The number of rotatable bonds is 4. The highest BCUT2D eigenvalue weighted by atomic mass is 16.5. The lowest BCUT2D eigenvalue weighted by molar-refractivity contribution is 0.0203. The third-order valence-electron chi connectivity index (χ3n) is 5.05. The molecule has 0 aromatic heterocycles. The van der Waals surface area contributed by atoms with Gasteiger partial charge in [0.05, 0.1) is 6.61 Å². The fourth-order valence-corrected chi connectivity index (χ4v) is 4.08. The summed E-state index contributed by atoms with van der Waals surface area (Å²) in [6.07, 6.45) is 6.46. The first kappa shape index (κ1) is 14.3. The largest absolute Gasteiger partial charge is 0.384 e. The third-order valence-corrected chi connectivity index (χ3v) is 5.05. The molecule has 1 saturated heterocycles. The summed E-state index contributed by atoms with van der Waals surface area (Å²) in [6, 6.07) is 0. The van der Waals surface area contributed by atoms with Gasteiger partial charge in [0.1, 0.15) is 0 Å². The first-order valence-corrected chi connectivity index (χ1v) is 7.45. The molecule has 18 heavy (non-hydrogen) atoms. The number of nitrogens with zero attached hydrogens (tertiary/aromatic N) is 1. The molecule has 2 rings (SSSR count). The maximum absolute atomic E-state index is 6.17. The Labute approximate surface area is 112 Å². The van der Waals surface area contributed by atoms with E-state index in [4.69, 9.17) is 10.5 Å². The number of methoxy groups -OCH3 is 1. The van der Waals surface area contributed by atoms with E-state index in [1.54, 1.807) is 0 Å². The van der Waals surface area contributed by atoms with Crippen molar-refractivity contribution in [3.8, 4) is 0 Å². The summed E-state index contributed by atoms with van der Waals surface area (Å²) in [4.78, 5) is 2.69. The normalized spacial score (nSPS) is 37.0. The summed E-state index contributed by atoms with van der Waals surface area (Å²) in [5.41, 5.74) is 6.91. The Morgan fingerprint density at radius 1 is 1.33 bits per heavy atom. The van der Waals surface area contributed by atoms with Crippen LogP contribution in [0.25, 0.3) is 0 Å². The second kappa shape index (κ2) is 5.48. The fourth-order valence-electron chi connectivity index (χ4n) is 4.08. The lowest BCUT2D eigenvalue weighted by Crippen LogP contribution is -2.56. The van der Waals surface area contributed by atoms with Crippen molar-refractivity contribution in [2.24, 2.45) is 17.1 Å². The van der Waals surface area contributed by atoms with Gasteiger partial charge in [-0.25, -0.2) is 0 Å². The molecule has 0 radical (unpaired) electrons. The zero-order valence-corrected chi connectivity index (χ0v) is 12.4. The standard InChI is InChI=1S/C15H30N2O/c1-14(2)6-7-15(11-14,12-16)17-8-4-5-13(9-17)10-18-3/h13H,4-12,16H2,1-3H3. The van der Waals surface area contributed by atoms with Gasteiger partial charge in [0, 0.05) is 25.7 Å². The summed E-state index contributed by atoms with van der Waals surface area (Å²) in [5, 5.41) is 0. The topological polar surface area (TPSA) is 38.5 Å². The Kier molecular flexibility index (Phi) is 4.35. The number of piperidine rings is 1. The molecule has 106 valence electrons. The van der Waals surface area contributed by atoms with Crippen molar-refractivity contribution < 1.29 is 4.74 Å². The van der Waals surface area contributed by atoms with Gasteiger partial charge >= 0.3 is 0 Å². The molecule has 0 spiro atoms. The van der Waals surface area contributed by atoms with Gasteiger partial charge < -0.3 is 10.5 Å². The SMILES string of the molecule is COCC1CCCN(C2(CN)CCC(C)(C)C2)C1. The zero-order valence-electron chi connectivity index (χ0n) is 12.4. The molecule has 0 amide bonds. The van der Waals surface area contributed by atoms with Gasteiger partial charge in [-0.2, -0.15) is 0 Å². The first-order chi connectivity index (χ1) is 8.51. The average Bonchev–Trinajstić information content (AvgIpc) is 2.67. The predicted octanol–water partition coefficient (Wildman–Crippen LogP) is 2.25. The van der Waals surface area contributed by atoms with E-state index < -0.39 is 0 Å². The molecule has 1 aliphatic carbocycles. The maximum atomic E-state index is 6.17.